The summed E-state index contributed by atoms with van der Waals surface area (Å²) in [6, 6.07) is 23.2. The number of nitrogens with zero attached hydrogens (tertiary/aromatic N) is 5. The molecule has 11 heteroatoms. The maximum atomic E-state index is 13.8. The Bertz CT molecular complexity index is 2190. The van der Waals surface area contributed by atoms with Gasteiger partial charge in [-0.1, -0.05) is 18.2 Å². The van der Waals surface area contributed by atoms with Crippen LogP contribution in [0.15, 0.2) is 79.0 Å². The lowest BCUT2D eigenvalue weighted by molar-refractivity contribution is -0.136. The SMILES string of the molecule is O=C1CC[C@@H](N2Cc3cc(N4CCN(CC5CCN(c6ccc(C7=C(c8ccc(F)nc8)CCCc8cc(O)ccc87)cc6)CC5)CC4)ccc3C2=O)C(=O)N1. The van der Waals surface area contributed by atoms with Gasteiger partial charge >= 0.3 is 0 Å². The van der Waals surface area contributed by atoms with E-state index in [-0.39, 0.29) is 29.9 Å². The first kappa shape index (κ1) is 36.1. The third kappa shape index (κ3) is 7.16. The molecule has 0 saturated carbocycles. The highest BCUT2D eigenvalue weighted by atomic mass is 19.1. The number of carbonyl (C=O) groups is 3. The van der Waals surface area contributed by atoms with E-state index in [1.54, 1.807) is 17.2 Å². The molecule has 3 aromatic carbocycles. The number of halogens is 1. The van der Waals surface area contributed by atoms with E-state index >= 15 is 0 Å². The van der Waals surface area contributed by atoms with Crippen molar-refractivity contribution in [1.29, 1.82) is 0 Å². The Kier molecular flexibility index (Phi) is 9.79. The molecule has 5 heterocycles. The summed E-state index contributed by atoms with van der Waals surface area (Å²) < 4.78 is 13.8. The summed E-state index contributed by atoms with van der Waals surface area (Å²) in [5.74, 6) is -0.354. The van der Waals surface area contributed by atoms with Gasteiger partial charge in [0.05, 0.1) is 0 Å². The zero-order valence-corrected chi connectivity index (χ0v) is 31.6. The molecule has 3 saturated heterocycles. The van der Waals surface area contributed by atoms with Crippen LogP contribution in [0, 0.1) is 11.9 Å². The molecule has 0 radical (unpaired) electrons. The van der Waals surface area contributed by atoms with Gasteiger partial charge in [0.25, 0.3) is 5.91 Å². The number of pyridine rings is 1. The largest absolute Gasteiger partial charge is 0.508 e. The summed E-state index contributed by atoms with van der Waals surface area (Å²) in [5.41, 5.74) is 10.5. The minimum atomic E-state index is -0.598. The van der Waals surface area contributed by atoms with Crippen LogP contribution in [0.1, 0.15) is 76.7 Å². The van der Waals surface area contributed by atoms with Crippen LogP contribution in [0.2, 0.25) is 0 Å². The number of fused-ring (bicyclic) bond motifs is 2. The summed E-state index contributed by atoms with van der Waals surface area (Å²) in [4.78, 5) is 50.3. The van der Waals surface area contributed by atoms with E-state index in [9.17, 15) is 23.9 Å². The molecule has 1 aliphatic carbocycles. The molecule has 3 fully saturated rings. The number of allylic oxidation sites excluding steroid dienone is 1. The van der Waals surface area contributed by atoms with E-state index in [2.05, 4.69) is 55.3 Å². The Morgan fingerprint density at radius 2 is 1.46 bits per heavy atom. The van der Waals surface area contributed by atoms with Crippen LogP contribution >= 0.6 is 0 Å². The van der Waals surface area contributed by atoms with Crippen LogP contribution in [-0.4, -0.2) is 89.5 Å². The standard InChI is InChI=1S/C45H47FN6O4/c46-41-14-6-32(26-47-41)37-3-1-2-31-25-36(53)10-12-38(31)43(37)30-4-7-34(8-5-30)50-18-16-29(17-19-50)27-49-20-22-51(23-21-49)35-9-11-39-33(24-35)28-52(45(39)56)40-13-15-42(54)48-44(40)55/h4-12,14,24-26,29,40,53H,1-3,13,15-23,27-28H2,(H,48,54,55)/t40-/m1/s1. The molecule has 0 spiro atoms. The summed E-state index contributed by atoms with van der Waals surface area (Å²) in [7, 11) is 0. The van der Waals surface area contributed by atoms with E-state index in [0.29, 0.717) is 24.4 Å². The number of aromatic hydroxyl groups is 1. The smallest absolute Gasteiger partial charge is 0.255 e. The second-order valence-corrected chi connectivity index (χ2v) is 15.9. The van der Waals surface area contributed by atoms with Gasteiger partial charge in [0, 0.05) is 81.9 Å². The molecular weight excluding hydrogens is 708 g/mol. The number of rotatable bonds is 7. The number of hydrogen-bond acceptors (Lipinski definition) is 8. The predicted octanol–water partition coefficient (Wildman–Crippen LogP) is 6.02. The van der Waals surface area contributed by atoms with E-state index in [1.165, 1.54) is 11.8 Å². The summed E-state index contributed by atoms with van der Waals surface area (Å²) >= 11 is 0. The topological polar surface area (TPSA) is 109 Å². The number of carbonyl (C=O) groups excluding carboxylic acids is 3. The molecule has 0 unspecified atom stereocenters. The minimum Gasteiger partial charge on any atom is -0.508 e. The number of piperidine rings is 2. The molecule has 2 N–H and O–H groups in total. The maximum absolute atomic E-state index is 13.8. The molecule has 9 rings (SSSR count). The Labute approximate surface area is 326 Å². The number of phenols is 1. The molecule has 4 aromatic rings. The van der Waals surface area contributed by atoms with Crippen molar-refractivity contribution in [3.05, 3.63) is 118 Å². The van der Waals surface area contributed by atoms with Gasteiger partial charge in [-0.05, 0) is 138 Å². The number of aryl methyl sites for hydroxylation is 1. The highest BCUT2D eigenvalue weighted by Crippen LogP contribution is 2.41. The van der Waals surface area contributed by atoms with Crippen molar-refractivity contribution in [2.75, 3.05) is 55.6 Å². The Hall–Kier alpha value is -5.55. The second-order valence-electron chi connectivity index (χ2n) is 15.9. The van der Waals surface area contributed by atoms with Gasteiger partial charge in [-0.25, -0.2) is 4.98 Å². The maximum Gasteiger partial charge on any atom is 0.255 e. The lowest BCUT2D eigenvalue weighted by atomic mass is 9.88. The highest BCUT2D eigenvalue weighted by Gasteiger charge is 2.39. The monoisotopic (exact) mass is 754 g/mol. The van der Waals surface area contributed by atoms with Crippen molar-refractivity contribution >= 4 is 40.2 Å². The Balaban J connectivity index is 0.802. The Morgan fingerprint density at radius 1 is 0.732 bits per heavy atom. The molecule has 56 heavy (non-hydrogen) atoms. The van der Waals surface area contributed by atoms with E-state index in [0.717, 1.165) is 123 Å². The van der Waals surface area contributed by atoms with Crippen molar-refractivity contribution in [3.63, 3.8) is 0 Å². The first-order valence-electron chi connectivity index (χ1n) is 20.0. The second kappa shape index (κ2) is 15.2. The molecule has 1 aromatic heterocycles. The predicted molar refractivity (Wildman–Crippen MR) is 214 cm³/mol. The van der Waals surface area contributed by atoms with E-state index < -0.39 is 12.0 Å². The normalized spacial score (nSPS) is 20.9. The third-order valence-electron chi connectivity index (χ3n) is 12.5. The molecular formula is C45H47FN6O4. The van der Waals surface area contributed by atoms with Crippen LogP contribution in [0.4, 0.5) is 15.8 Å². The molecule has 4 aliphatic heterocycles. The Morgan fingerprint density at radius 3 is 2.21 bits per heavy atom. The minimum absolute atomic E-state index is 0.134. The van der Waals surface area contributed by atoms with Gasteiger partial charge in [0.2, 0.25) is 17.8 Å². The molecule has 10 nitrogen and oxygen atoms in total. The number of benzene rings is 3. The van der Waals surface area contributed by atoms with Gasteiger partial charge in [0.15, 0.2) is 0 Å². The van der Waals surface area contributed by atoms with Crippen molar-refractivity contribution < 1.29 is 23.9 Å². The molecule has 1 atom stereocenters. The van der Waals surface area contributed by atoms with E-state index in [4.69, 9.17) is 0 Å². The van der Waals surface area contributed by atoms with Crippen LogP contribution in [-0.2, 0) is 22.6 Å². The highest BCUT2D eigenvalue weighted by molar-refractivity contribution is 6.05. The fraction of sp³-hybridized carbons (Fsp3) is 0.378. The van der Waals surface area contributed by atoms with Crippen molar-refractivity contribution in [3.8, 4) is 5.75 Å². The third-order valence-corrected chi connectivity index (χ3v) is 12.5. The summed E-state index contributed by atoms with van der Waals surface area (Å²) in [6.45, 7) is 7.38. The van der Waals surface area contributed by atoms with Crippen molar-refractivity contribution in [1.82, 2.24) is 20.1 Å². The number of nitrogens with one attached hydrogen (secondary N) is 1. The number of imide groups is 1. The van der Waals surface area contributed by atoms with Gasteiger partial charge in [-0.3, -0.25) is 24.6 Å². The number of piperazine rings is 1. The van der Waals surface area contributed by atoms with Gasteiger partial charge in [0.1, 0.15) is 11.8 Å². The zero-order chi connectivity index (χ0) is 38.3. The van der Waals surface area contributed by atoms with Crippen LogP contribution in [0.3, 0.4) is 0 Å². The molecule has 288 valence electrons. The summed E-state index contributed by atoms with van der Waals surface area (Å²) in [6.07, 6.45) is 7.18. The van der Waals surface area contributed by atoms with E-state index in [1.807, 2.05) is 30.3 Å². The number of phenolic OH excluding ortho intramolecular Hbond substituents is 1. The van der Waals surface area contributed by atoms with Crippen LogP contribution in [0.5, 0.6) is 5.75 Å². The van der Waals surface area contributed by atoms with Gasteiger partial charge in [-0.2, -0.15) is 4.39 Å². The number of amides is 3. The average molecular weight is 755 g/mol. The average Bonchev–Trinajstić information content (AvgIpc) is 3.41. The molecule has 5 aliphatic rings. The van der Waals surface area contributed by atoms with Crippen molar-refractivity contribution in [2.24, 2.45) is 5.92 Å². The lowest BCUT2D eigenvalue weighted by Gasteiger charge is -2.40. The van der Waals surface area contributed by atoms with Crippen molar-refractivity contribution in [2.45, 2.75) is 57.5 Å². The van der Waals surface area contributed by atoms with Crippen LogP contribution in [0.25, 0.3) is 11.1 Å². The fourth-order valence-corrected chi connectivity index (χ4v) is 9.47. The zero-order valence-electron chi connectivity index (χ0n) is 31.6. The van der Waals surface area contributed by atoms with Gasteiger partial charge < -0.3 is 19.8 Å². The quantitative estimate of drug-likeness (QED) is 0.174. The first-order valence-corrected chi connectivity index (χ1v) is 20.0. The van der Waals surface area contributed by atoms with Gasteiger partial charge in [-0.15, -0.1) is 0 Å². The first-order chi connectivity index (χ1) is 27.3. The molecule has 3 amide bonds. The molecule has 0 bridgehead atoms. The van der Waals surface area contributed by atoms with Crippen LogP contribution < -0.4 is 15.1 Å². The summed E-state index contributed by atoms with van der Waals surface area (Å²) in [5, 5.41) is 12.7. The fourth-order valence-electron chi connectivity index (χ4n) is 9.47. The number of anilines is 2. The number of hydrogen-bond donors (Lipinski definition) is 2. The number of aromatic nitrogens is 1. The lowest BCUT2D eigenvalue weighted by Crippen LogP contribution is -2.52.